The lowest BCUT2D eigenvalue weighted by Gasteiger charge is -2.07. The molecule has 0 aromatic carbocycles. The predicted molar refractivity (Wildman–Crippen MR) is 95.8 cm³/mol. The number of halogens is 1. The molecule has 0 bridgehead atoms. The van der Waals surface area contributed by atoms with Crippen LogP contribution in [0.15, 0.2) is 33.9 Å². The van der Waals surface area contributed by atoms with Crippen molar-refractivity contribution in [3.05, 3.63) is 34.6 Å². The Bertz CT molecular complexity index is 906. The number of fused-ring (bicyclic) bond motifs is 1. The fraction of sp³-hybridized carbons (Fsp3) is 0.250. The summed E-state index contributed by atoms with van der Waals surface area (Å²) >= 11 is 5.18. The molecule has 0 atom stereocenters. The summed E-state index contributed by atoms with van der Waals surface area (Å²) in [6, 6.07) is 3.82. The van der Waals surface area contributed by atoms with Crippen LogP contribution in [0.2, 0.25) is 0 Å². The average Bonchev–Trinajstić information content (AvgIpc) is 2.84. The Hall–Kier alpha value is -1.73. The van der Waals surface area contributed by atoms with E-state index in [0.29, 0.717) is 11.1 Å². The summed E-state index contributed by atoms with van der Waals surface area (Å²) in [6.45, 7) is 3.63. The predicted octanol–water partition coefficient (Wildman–Crippen LogP) is 4.11. The highest BCUT2D eigenvalue weighted by Gasteiger charge is 2.17. The number of nitrogens with zero attached hydrogens (tertiary/aromatic N) is 4. The highest BCUT2D eigenvalue weighted by molar-refractivity contribution is 9.10. The number of aryl methyl sites for hydroxylation is 1. The van der Waals surface area contributed by atoms with E-state index in [9.17, 15) is 4.79 Å². The van der Waals surface area contributed by atoms with E-state index in [4.69, 9.17) is 0 Å². The summed E-state index contributed by atoms with van der Waals surface area (Å²) in [5, 5.41) is 0. The number of imidazole rings is 1. The van der Waals surface area contributed by atoms with E-state index in [1.807, 2.05) is 17.7 Å². The van der Waals surface area contributed by atoms with Crippen LogP contribution in [-0.2, 0) is 7.05 Å². The Morgan fingerprint density at radius 2 is 2.09 bits per heavy atom. The largest absolute Gasteiger partial charge is 0.310 e. The van der Waals surface area contributed by atoms with Gasteiger partial charge in [0.15, 0.2) is 17.3 Å². The maximum absolute atomic E-state index is 11.5. The molecule has 0 aliphatic carbocycles. The third-order valence-corrected chi connectivity index (χ3v) is 4.79. The van der Waals surface area contributed by atoms with Gasteiger partial charge in [-0.2, -0.15) is 0 Å². The molecule has 0 fully saturated rings. The highest BCUT2D eigenvalue weighted by Crippen LogP contribution is 2.32. The smallest absolute Gasteiger partial charge is 0.161 e. The number of hydrogen-bond acceptors (Lipinski definition) is 5. The maximum atomic E-state index is 11.5. The first-order valence-corrected chi connectivity index (χ1v) is 8.91. The van der Waals surface area contributed by atoms with Crippen molar-refractivity contribution in [1.29, 1.82) is 0 Å². The molecule has 0 saturated heterocycles. The maximum Gasteiger partial charge on any atom is 0.161 e. The first-order valence-electron chi connectivity index (χ1n) is 7.13. The lowest BCUT2D eigenvalue weighted by Crippen LogP contribution is -1.98. The molecule has 0 amide bonds. The Balaban J connectivity index is 2.20. The molecule has 0 aliphatic heterocycles. The van der Waals surface area contributed by atoms with Gasteiger partial charge in [-0.25, -0.2) is 9.97 Å². The minimum Gasteiger partial charge on any atom is -0.310 e. The molecule has 0 N–H and O–H groups in total. The number of rotatable bonds is 4. The minimum atomic E-state index is -0.0180. The molecule has 118 valence electrons. The number of ketones is 1. The zero-order valence-corrected chi connectivity index (χ0v) is 15.4. The molecule has 0 radical (unpaired) electrons. The van der Waals surface area contributed by atoms with Crippen molar-refractivity contribution in [2.24, 2.45) is 7.05 Å². The van der Waals surface area contributed by atoms with Gasteiger partial charge in [-0.05, 0) is 40.7 Å². The molecule has 3 heterocycles. The van der Waals surface area contributed by atoms with Gasteiger partial charge in [0.25, 0.3) is 0 Å². The van der Waals surface area contributed by atoms with Gasteiger partial charge in [0.2, 0.25) is 0 Å². The fourth-order valence-electron chi connectivity index (χ4n) is 2.33. The molecule has 5 nitrogen and oxygen atoms in total. The van der Waals surface area contributed by atoms with E-state index < -0.39 is 0 Å². The van der Waals surface area contributed by atoms with Crippen molar-refractivity contribution >= 4 is 44.6 Å². The van der Waals surface area contributed by atoms with Gasteiger partial charge in [-0.3, -0.25) is 9.78 Å². The number of carbonyl (C=O) groups is 1. The SMILES string of the molecule is CCSc1cc(Br)cnc1-c1nc2cc(C(C)=O)cnc2n1C. The van der Waals surface area contributed by atoms with E-state index in [1.54, 1.807) is 30.2 Å². The molecule has 3 aromatic rings. The van der Waals surface area contributed by atoms with Crippen molar-refractivity contribution < 1.29 is 4.79 Å². The summed E-state index contributed by atoms with van der Waals surface area (Å²) < 4.78 is 2.85. The van der Waals surface area contributed by atoms with Crippen molar-refractivity contribution in [2.45, 2.75) is 18.7 Å². The summed E-state index contributed by atoms with van der Waals surface area (Å²) in [5.74, 6) is 1.68. The number of pyridine rings is 2. The molecule has 0 aliphatic rings. The summed E-state index contributed by atoms with van der Waals surface area (Å²) in [5.41, 5.74) is 2.83. The van der Waals surface area contributed by atoms with Crippen LogP contribution in [-0.4, -0.2) is 31.1 Å². The first kappa shape index (κ1) is 16.1. The van der Waals surface area contributed by atoms with E-state index in [-0.39, 0.29) is 5.78 Å². The van der Waals surface area contributed by atoms with E-state index in [2.05, 4.69) is 37.8 Å². The molecule has 7 heteroatoms. The second-order valence-electron chi connectivity index (χ2n) is 5.05. The van der Waals surface area contributed by atoms with Crippen molar-refractivity contribution in [3.8, 4) is 11.5 Å². The monoisotopic (exact) mass is 390 g/mol. The van der Waals surface area contributed by atoms with Gasteiger partial charge in [0, 0.05) is 34.4 Å². The summed E-state index contributed by atoms with van der Waals surface area (Å²) in [4.78, 5) is 26.2. The van der Waals surface area contributed by atoms with E-state index >= 15 is 0 Å². The van der Waals surface area contributed by atoms with Crippen molar-refractivity contribution in [1.82, 2.24) is 19.5 Å². The van der Waals surface area contributed by atoms with Gasteiger partial charge in [-0.15, -0.1) is 11.8 Å². The summed E-state index contributed by atoms with van der Waals surface area (Å²) in [7, 11) is 1.91. The number of Topliss-reactive ketones (excluding diaryl/α,β-unsaturated/α-hetero) is 1. The van der Waals surface area contributed by atoms with Crippen LogP contribution in [0.1, 0.15) is 24.2 Å². The van der Waals surface area contributed by atoms with Crippen molar-refractivity contribution in [3.63, 3.8) is 0 Å². The molecule has 3 aromatic heterocycles. The molecule has 0 unspecified atom stereocenters. The van der Waals surface area contributed by atoms with Gasteiger partial charge in [-0.1, -0.05) is 6.92 Å². The molecule has 3 rings (SSSR count). The van der Waals surface area contributed by atoms with Gasteiger partial charge in [0.1, 0.15) is 11.2 Å². The van der Waals surface area contributed by atoms with Gasteiger partial charge >= 0.3 is 0 Å². The molecule has 23 heavy (non-hydrogen) atoms. The molecular formula is C16H15BrN4OS. The quantitative estimate of drug-likeness (QED) is 0.495. The second-order valence-corrected chi connectivity index (χ2v) is 7.27. The third kappa shape index (κ3) is 3.03. The van der Waals surface area contributed by atoms with Gasteiger partial charge in [0.05, 0.1) is 0 Å². The summed E-state index contributed by atoms with van der Waals surface area (Å²) in [6.07, 6.45) is 3.36. The average molecular weight is 391 g/mol. The normalized spacial score (nSPS) is 11.1. The lowest BCUT2D eigenvalue weighted by atomic mass is 10.2. The topological polar surface area (TPSA) is 60.7 Å². The van der Waals surface area contributed by atoms with Crippen LogP contribution >= 0.6 is 27.7 Å². The number of carbonyl (C=O) groups excluding carboxylic acids is 1. The van der Waals surface area contributed by atoms with Gasteiger partial charge < -0.3 is 4.57 Å². The molecule has 0 saturated carbocycles. The van der Waals surface area contributed by atoms with E-state index in [1.165, 1.54) is 6.92 Å². The van der Waals surface area contributed by atoms with Crippen molar-refractivity contribution in [2.75, 3.05) is 5.75 Å². The Morgan fingerprint density at radius 3 is 2.78 bits per heavy atom. The molecule has 0 spiro atoms. The first-order chi connectivity index (χ1) is 11.0. The van der Waals surface area contributed by atoms with Crippen LogP contribution < -0.4 is 0 Å². The van der Waals surface area contributed by atoms with Crippen LogP contribution in [0.25, 0.3) is 22.7 Å². The Kier molecular flexibility index (Phi) is 4.50. The highest BCUT2D eigenvalue weighted by atomic mass is 79.9. The Labute approximate surface area is 146 Å². The van der Waals surface area contributed by atoms with Crippen LogP contribution in [0.4, 0.5) is 0 Å². The van der Waals surface area contributed by atoms with Crippen LogP contribution in [0.3, 0.4) is 0 Å². The lowest BCUT2D eigenvalue weighted by molar-refractivity contribution is 0.101. The number of hydrogen-bond donors (Lipinski definition) is 0. The van der Waals surface area contributed by atoms with E-state index in [0.717, 1.165) is 32.3 Å². The van der Waals surface area contributed by atoms with Crippen LogP contribution in [0.5, 0.6) is 0 Å². The minimum absolute atomic E-state index is 0.0180. The van der Waals surface area contributed by atoms with Crippen LogP contribution in [0, 0.1) is 0 Å². The second kappa shape index (κ2) is 6.41. The third-order valence-electron chi connectivity index (χ3n) is 3.45. The number of thioether (sulfide) groups is 1. The molecular weight excluding hydrogens is 376 g/mol. The number of aromatic nitrogens is 4. The zero-order valence-electron chi connectivity index (χ0n) is 13.0. The fourth-order valence-corrected chi connectivity index (χ4v) is 3.62. The Morgan fingerprint density at radius 1 is 1.30 bits per heavy atom. The zero-order chi connectivity index (χ0) is 16.6. The standard InChI is InChI=1S/C16H15BrN4OS/c1-4-23-13-6-11(17)8-18-14(13)16-20-12-5-10(9(2)22)7-19-15(12)21(16)3/h5-8H,4H2,1-3H3.